The molecule has 0 radical (unpaired) electrons. The molecule has 0 saturated heterocycles. The Morgan fingerprint density at radius 2 is 2.12 bits per heavy atom. The third kappa shape index (κ3) is 3.40. The Morgan fingerprint density at radius 3 is 2.88 bits per heavy atom. The predicted molar refractivity (Wildman–Crippen MR) is 101 cm³/mol. The van der Waals surface area contributed by atoms with E-state index in [1.165, 1.54) is 21.6 Å². The number of hydrogen-bond acceptors (Lipinski definition) is 3. The monoisotopic (exact) mass is 342 g/mol. The highest BCUT2D eigenvalue weighted by atomic mass is 32.1. The zero-order chi connectivity index (χ0) is 17.1. The highest BCUT2D eigenvalue weighted by molar-refractivity contribution is 7.10. The van der Waals surface area contributed by atoms with Crippen molar-refractivity contribution in [2.75, 3.05) is 13.1 Å². The van der Waals surface area contributed by atoms with Crippen molar-refractivity contribution >= 4 is 17.2 Å². The van der Waals surface area contributed by atoms with Crippen LogP contribution in [-0.2, 0) is 11.2 Å². The molecule has 24 heavy (non-hydrogen) atoms. The molecule has 0 spiro atoms. The summed E-state index contributed by atoms with van der Waals surface area (Å²) in [6, 6.07) is 11.0. The summed E-state index contributed by atoms with van der Waals surface area (Å²) in [4.78, 5) is 16.4. The minimum Gasteiger partial charge on any atom is -0.330 e. The first-order chi connectivity index (χ1) is 11.6. The van der Waals surface area contributed by atoms with Gasteiger partial charge >= 0.3 is 0 Å². The van der Waals surface area contributed by atoms with Gasteiger partial charge in [-0.25, -0.2) is 0 Å². The number of aryl methyl sites for hydroxylation is 1. The summed E-state index contributed by atoms with van der Waals surface area (Å²) in [6.07, 6.45) is 1.99. The molecule has 128 valence electrons. The molecule has 0 unspecified atom stereocenters. The molecule has 3 rings (SSSR count). The second-order valence-corrected chi connectivity index (χ2v) is 7.59. The number of thiophene rings is 1. The zero-order valence-corrected chi connectivity index (χ0v) is 15.5. The molecule has 1 aliphatic rings. The number of fused-ring (bicyclic) bond motifs is 1. The number of nitrogens with zero attached hydrogens (tertiary/aromatic N) is 1. The summed E-state index contributed by atoms with van der Waals surface area (Å²) in [5, 5.41) is 5.50. The average molecular weight is 343 g/mol. The first-order valence-electron chi connectivity index (χ1n) is 8.76. The van der Waals surface area contributed by atoms with Crippen LogP contribution < -0.4 is 5.32 Å². The van der Waals surface area contributed by atoms with Crippen LogP contribution in [0.5, 0.6) is 0 Å². The smallest absolute Gasteiger partial charge is 0.237 e. The van der Waals surface area contributed by atoms with E-state index in [0.29, 0.717) is 12.6 Å². The van der Waals surface area contributed by atoms with Crippen LogP contribution in [0.1, 0.15) is 47.9 Å². The van der Waals surface area contributed by atoms with Gasteiger partial charge in [0.15, 0.2) is 0 Å². The van der Waals surface area contributed by atoms with Crippen molar-refractivity contribution in [2.45, 2.75) is 45.7 Å². The fourth-order valence-corrected chi connectivity index (χ4v) is 4.23. The van der Waals surface area contributed by atoms with Crippen molar-refractivity contribution in [3.63, 3.8) is 0 Å². The van der Waals surface area contributed by atoms with E-state index in [1.54, 1.807) is 0 Å². The van der Waals surface area contributed by atoms with Crippen LogP contribution in [0, 0.1) is 6.92 Å². The summed E-state index contributed by atoms with van der Waals surface area (Å²) in [6.45, 7) is 7.61. The van der Waals surface area contributed by atoms with Gasteiger partial charge in [-0.05, 0) is 54.8 Å². The molecular weight excluding hydrogens is 316 g/mol. The van der Waals surface area contributed by atoms with E-state index in [9.17, 15) is 4.79 Å². The van der Waals surface area contributed by atoms with E-state index < -0.39 is 0 Å². The second kappa shape index (κ2) is 7.49. The molecule has 0 fully saturated rings. The van der Waals surface area contributed by atoms with E-state index in [-0.39, 0.29) is 11.9 Å². The van der Waals surface area contributed by atoms with Crippen LogP contribution in [0.2, 0.25) is 0 Å². The molecule has 1 aromatic carbocycles. The summed E-state index contributed by atoms with van der Waals surface area (Å²) in [5.41, 5.74) is 3.79. The van der Waals surface area contributed by atoms with E-state index in [2.05, 4.69) is 66.7 Å². The molecule has 1 aliphatic heterocycles. The van der Waals surface area contributed by atoms with Gasteiger partial charge < -0.3 is 10.2 Å². The topological polar surface area (TPSA) is 32.3 Å². The Labute approximate surface area is 148 Å². The first kappa shape index (κ1) is 17.2. The number of amides is 1. The lowest BCUT2D eigenvalue weighted by molar-refractivity contribution is -0.132. The number of rotatable bonds is 5. The molecule has 3 nitrogen and oxygen atoms in total. The number of nitrogens with one attached hydrogen (secondary N) is 1. The van der Waals surface area contributed by atoms with Gasteiger partial charge in [-0.2, -0.15) is 0 Å². The van der Waals surface area contributed by atoms with Gasteiger partial charge in [-0.3, -0.25) is 4.79 Å². The van der Waals surface area contributed by atoms with E-state index in [4.69, 9.17) is 0 Å². The first-order valence-corrected chi connectivity index (χ1v) is 9.64. The van der Waals surface area contributed by atoms with Gasteiger partial charge in [-0.15, -0.1) is 11.3 Å². The summed E-state index contributed by atoms with van der Waals surface area (Å²) in [5.74, 6) is 0.195. The molecule has 0 saturated carbocycles. The van der Waals surface area contributed by atoms with Crippen molar-refractivity contribution in [1.29, 1.82) is 0 Å². The molecule has 1 amide bonds. The second-order valence-electron chi connectivity index (χ2n) is 6.59. The maximum atomic E-state index is 12.9. The number of benzene rings is 1. The fraction of sp³-hybridized carbons (Fsp3) is 0.450. The Morgan fingerprint density at radius 1 is 1.33 bits per heavy atom. The third-order valence-corrected chi connectivity index (χ3v) is 5.98. The number of carbonyl (C=O) groups excluding carboxylic acids is 1. The van der Waals surface area contributed by atoms with Gasteiger partial charge in [0.25, 0.3) is 0 Å². The molecule has 4 heteroatoms. The Kier molecular flexibility index (Phi) is 5.36. The van der Waals surface area contributed by atoms with Gasteiger partial charge in [-0.1, -0.05) is 31.2 Å². The highest BCUT2D eigenvalue weighted by Crippen LogP contribution is 2.38. The van der Waals surface area contributed by atoms with Gasteiger partial charge in [0.1, 0.15) is 0 Å². The van der Waals surface area contributed by atoms with Crippen molar-refractivity contribution in [2.24, 2.45) is 0 Å². The number of carbonyl (C=O) groups is 1. The Bertz CT molecular complexity index is 709. The van der Waals surface area contributed by atoms with Gasteiger partial charge in [0, 0.05) is 17.5 Å². The number of hydrogen-bond donors (Lipinski definition) is 1. The summed E-state index contributed by atoms with van der Waals surface area (Å²) < 4.78 is 0. The average Bonchev–Trinajstić information content (AvgIpc) is 3.07. The van der Waals surface area contributed by atoms with Crippen LogP contribution in [-0.4, -0.2) is 29.9 Å². The standard InChI is InChI=1S/C20H26N2OS/c1-4-15(3)21-13-19(23)22-11-9-18-17(10-12-24-18)20(22)16-8-6-5-7-14(16)2/h5-8,10,12,15,20-21H,4,9,11,13H2,1-3H3/t15-,20+/m1/s1. The zero-order valence-electron chi connectivity index (χ0n) is 14.7. The van der Waals surface area contributed by atoms with E-state index in [0.717, 1.165) is 19.4 Å². The minimum atomic E-state index is 0.0485. The van der Waals surface area contributed by atoms with E-state index >= 15 is 0 Å². The molecule has 0 bridgehead atoms. The minimum absolute atomic E-state index is 0.0485. The van der Waals surface area contributed by atoms with Crippen molar-refractivity contribution in [3.05, 3.63) is 57.3 Å². The third-order valence-electron chi connectivity index (χ3n) is 4.98. The van der Waals surface area contributed by atoms with Crippen LogP contribution in [0.3, 0.4) is 0 Å². The fourth-order valence-electron chi connectivity index (χ4n) is 3.32. The highest BCUT2D eigenvalue weighted by Gasteiger charge is 2.33. The van der Waals surface area contributed by atoms with Crippen molar-refractivity contribution in [1.82, 2.24) is 10.2 Å². The molecule has 2 atom stereocenters. The van der Waals surface area contributed by atoms with Crippen molar-refractivity contribution < 1.29 is 4.79 Å². The molecule has 2 heterocycles. The lowest BCUT2D eigenvalue weighted by Gasteiger charge is -2.37. The normalized spacial score (nSPS) is 18.3. The van der Waals surface area contributed by atoms with Crippen LogP contribution in [0.15, 0.2) is 35.7 Å². The maximum Gasteiger partial charge on any atom is 0.237 e. The Hall–Kier alpha value is -1.65. The van der Waals surface area contributed by atoms with Crippen LogP contribution in [0.25, 0.3) is 0 Å². The van der Waals surface area contributed by atoms with Crippen LogP contribution in [0.4, 0.5) is 0 Å². The Balaban J connectivity index is 1.91. The lowest BCUT2D eigenvalue weighted by atomic mass is 9.90. The molecule has 2 aromatic rings. The van der Waals surface area contributed by atoms with Gasteiger partial charge in [0.05, 0.1) is 12.6 Å². The molecule has 1 N–H and O–H groups in total. The van der Waals surface area contributed by atoms with E-state index in [1.807, 2.05) is 11.3 Å². The molecule has 1 aromatic heterocycles. The van der Waals surface area contributed by atoms with Gasteiger partial charge in [0.2, 0.25) is 5.91 Å². The van der Waals surface area contributed by atoms with Crippen molar-refractivity contribution in [3.8, 4) is 0 Å². The summed E-state index contributed by atoms with van der Waals surface area (Å²) in [7, 11) is 0. The summed E-state index contributed by atoms with van der Waals surface area (Å²) >= 11 is 1.81. The largest absolute Gasteiger partial charge is 0.330 e. The quantitative estimate of drug-likeness (QED) is 0.893. The molecular formula is C20H26N2OS. The SMILES string of the molecule is CC[C@@H](C)NCC(=O)N1CCc2sccc2[C@@H]1c1ccccc1C. The maximum absolute atomic E-state index is 12.9. The predicted octanol–water partition coefficient (Wildman–Crippen LogP) is 3.92. The van der Waals surface area contributed by atoms with Crippen LogP contribution >= 0.6 is 11.3 Å². The molecule has 0 aliphatic carbocycles. The lowest BCUT2D eigenvalue weighted by Crippen LogP contribution is -2.45.